The first kappa shape index (κ1) is 21.1. The summed E-state index contributed by atoms with van der Waals surface area (Å²) in [5.41, 5.74) is 3.74. The minimum Gasteiger partial charge on any atom is -0.454 e. The van der Waals surface area contributed by atoms with E-state index in [9.17, 15) is 4.79 Å². The maximum Gasteiger partial charge on any atom is 0.234 e. The number of hydrogen-bond acceptors (Lipinski definition) is 6. The first-order valence-electron chi connectivity index (χ1n) is 10.6. The average Bonchev–Trinajstić information content (AvgIpc) is 3.50. The van der Waals surface area contributed by atoms with E-state index >= 15 is 0 Å². The number of hydrogen-bond donors (Lipinski definition) is 1. The molecule has 7 nitrogen and oxygen atoms in total. The number of para-hydroxylation sites is 1. The topological polar surface area (TPSA) is 78.3 Å². The maximum absolute atomic E-state index is 12.6. The minimum absolute atomic E-state index is 0.0968. The first-order valence-corrected chi connectivity index (χ1v) is 11.6. The number of thioether (sulfide) groups is 1. The lowest BCUT2D eigenvalue weighted by Crippen LogP contribution is -2.14. The van der Waals surface area contributed by atoms with Crippen LogP contribution in [0.1, 0.15) is 12.5 Å². The lowest BCUT2D eigenvalue weighted by Gasteiger charge is -2.11. The van der Waals surface area contributed by atoms with E-state index in [0.29, 0.717) is 22.5 Å². The molecule has 0 atom stereocenters. The Kier molecular flexibility index (Phi) is 5.99. The van der Waals surface area contributed by atoms with E-state index in [1.165, 1.54) is 17.3 Å². The lowest BCUT2D eigenvalue weighted by atomic mass is 10.1. The van der Waals surface area contributed by atoms with Crippen LogP contribution < -0.4 is 14.8 Å². The molecule has 8 heteroatoms. The van der Waals surface area contributed by atoms with Gasteiger partial charge in [-0.3, -0.25) is 9.36 Å². The Labute approximate surface area is 195 Å². The highest BCUT2D eigenvalue weighted by atomic mass is 32.2. The van der Waals surface area contributed by atoms with Gasteiger partial charge in [0.15, 0.2) is 22.5 Å². The Bertz CT molecular complexity index is 1290. The smallest absolute Gasteiger partial charge is 0.234 e. The number of ether oxygens (including phenoxy) is 2. The van der Waals surface area contributed by atoms with Crippen LogP contribution in [-0.2, 0) is 11.2 Å². The number of rotatable bonds is 7. The van der Waals surface area contributed by atoms with Crippen molar-refractivity contribution in [3.8, 4) is 28.6 Å². The predicted molar refractivity (Wildman–Crippen MR) is 128 cm³/mol. The van der Waals surface area contributed by atoms with Crippen molar-refractivity contribution in [2.24, 2.45) is 0 Å². The molecule has 0 saturated carbocycles. The quantitative estimate of drug-likeness (QED) is 0.395. The van der Waals surface area contributed by atoms with Crippen LogP contribution in [0.5, 0.6) is 11.5 Å². The zero-order valence-corrected chi connectivity index (χ0v) is 18.8. The number of carbonyl (C=O) groups is 1. The number of nitrogens with zero attached hydrogens (tertiary/aromatic N) is 3. The summed E-state index contributed by atoms with van der Waals surface area (Å²) in [7, 11) is 0. The number of aryl methyl sites for hydroxylation is 1. The summed E-state index contributed by atoms with van der Waals surface area (Å²) in [4.78, 5) is 12.6. The van der Waals surface area contributed by atoms with Crippen molar-refractivity contribution < 1.29 is 14.3 Å². The third-order valence-corrected chi connectivity index (χ3v) is 6.16. The van der Waals surface area contributed by atoms with Crippen LogP contribution in [0.15, 0.2) is 78.0 Å². The second-order valence-electron chi connectivity index (χ2n) is 7.44. The second-order valence-corrected chi connectivity index (χ2v) is 8.38. The molecular weight excluding hydrogens is 436 g/mol. The van der Waals surface area contributed by atoms with Crippen molar-refractivity contribution in [3.63, 3.8) is 0 Å². The van der Waals surface area contributed by atoms with Crippen molar-refractivity contribution in [3.05, 3.63) is 78.4 Å². The standard InChI is InChI=1S/C25H22N4O3S/c1-2-17-7-6-8-19(13-17)26-23(30)15-33-25-28-27-24(29(25)20-9-4-3-5-10-20)18-11-12-21-22(14-18)32-16-31-21/h3-14H,2,15-16H2,1H3,(H,26,30). The molecule has 0 spiro atoms. The lowest BCUT2D eigenvalue weighted by molar-refractivity contribution is -0.113. The molecule has 1 N–H and O–H groups in total. The van der Waals surface area contributed by atoms with Crippen molar-refractivity contribution in [2.75, 3.05) is 17.9 Å². The van der Waals surface area contributed by atoms with Crippen LogP contribution in [-0.4, -0.2) is 33.2 Å². The van der Waals surface area contributed by atoms with E-state index < -0.39 is 0 Å². The third kappa shape index (κ3) is 4.56. The molecule has 4 aromatic rings. The van der Waals surface area contributed by atoms with Gasteiger partial charge in [-0.1, -0.05) is 49.0 Å². The summed E-state index contributed by atoms with van der Waals surface area (Å²) < 4.78 is 12.9. The van der Waals surface area contributed by atoms with Gasteiger partial charge in [-0.25, -0.2) is 0 Å². The molecule has 2 heterocycles. The molecule has 33 heavy (non-hydrogen) atoms. The van der Waals surface area contributed by atoms with E-state index in [4.69, 9.17) is 9.47 Å². The second kappa shape index (κ2) is 9.38. The van der Waals surface area contributed by atoms with Crippen molar-refractivity contribution >= 4 is 23.4 Å². The van der Waals surface area contributed by atoms with Gasteiger partial charge in [-0.2, -0.15) is 0 Å². The maximum atomic E-state index is 12.6. The van der Waals surface area contributed by atoms with Crippen molar-refractivity contribution in [1.82, 2.24) is 14.8 Å². The van der Waals surface area contributed by atoms with Crippen LogP contribution in [0.4, 0.5) is 5.69 Å². The van der Waals surface area contributed by atoms with E-state index in [2.05, 4.69) is 22.4 Å². The summed E-state index contributed by atoms with van der Waals surface area (Å²) in [5.74, 6) is 2.17. The van der Waals surface area contributed by atoms with E-state index in [1.54, 1.807) is 0 Å². The minimum atomic E-state index is -0.0968. The average molecular weight is 459 g/mol. The normalized spacial score (nSPS) is 12.0. The zero-order valence-electron chi connectivity index (χ0n) is 18.0. The summed E-state index contributed by atoms with van der Waals surface area (Å²) in [6.45, 7) is 2.30. The number of fused-ring (bicyclic) bond motifs is 1. The highest BCUT2D eigenvalue weighted by Crippen LogP contribution is 2.37. The number of carbonyl (C=O) groups excluding carboxylic acids is 1. The Morgan fingerprint density at radius 1 is 1.00 bits per heavy atom. The summed E-state index contributed by atoms with van der Waals surface area (Å²) >= 11 is 1.34. The van der Waals surface area contributed by atoms with Gasteiger partial charge in [0.1, 0.15) is 0 Å². The SMILES string of the molecule is CCc1cccc(NC(=O)CSc2nnc(-c3ccc4c(c3)OCO4)n2-c2ccccc2)c1. The van der Waals surface area contributed by atoms with Crippen LogP contribution in [0.3, 0.4) is 0 Å². The number of nitrogens with one attached hydrogen (secondary N) is 1. The molecule has 0 unspecified atom stereocenters. The molecule has 1 amide bonds. The Morgan fingerprint density at radius 2 is 1.85 bits per heavy atom. The fourth-order valence-electron chi connectivity index (χ4n) is 3.59. The van der Waals surface area contributed by atoms with Gasteiger partial charge in [-0.15, -0.1) is 10.2 Å². The van der Waals surface area contributed by atoms with Gasteiger partial charge in [0.05, 0.1) is 5.75 Å². The van der Waals surface area contributed by atoms with Crippen LogP contribution in [0, 0.1) is 0 Å². The van der Waals surface area contributed by atoms with E-state index in [0.717, 1.165) is 23.4 Å². The fraction of sp³-hybridized carbons (Fsp3) is 0.160. The highest BCUT2D eigenvalue weighted by molar-refractivity contribution is 7.99. The Morgan fingerprint density at radius 3 is 2.70 bits per heavy atom. The van der Waals surface area contributed by atoms with Gasteiger partial charge in [-0.05, 0) is 54.4 Å². The molecule has 0 aliphatic carbocycles. The molecule has 3 aromatic carbocycles. The third-order valence-electron chi connectivity index (χ3n) is 5.23. The molecule has 0 bridgehead atoms. The molecule has 1 aromatic heterocycles. The number of amides is 1. The molecule has 5 rings (SSSR count). The largest absolute Gasteiger partial charge is 0.454 e. The van der Waals surface area contributed by atoms with Crippen LogP contribution in [0.2, 0.25) is 0 Å². The Hall–Kier alpha value is -3.78. The number of anilines is 1. The van der Waals surface area contributed by atoms with Gasteiger partial charge >= 0.3 is 0 Å². The molecule has 1 aliphatic heterocycles. The molecule has 0 saturated heterocycles. The highest BCUT2D eigenvalue weighted by Gasteiger charge is 2.20. The molecule has 1 aliphatic rings. The summed E-state index contributed by atoms with van der Waals surface area (Å²) in [5, 5.41) is 12.4. The molecule has 0 fully saturated rings. The fourth-order valence-corrected chi connectivity index (χ4v) is 4.34. The summed E-state index contributed by atoms with van der Waals surface area (Å²) in [6, 6.07) is 23.4. The predicted octanol–water partition coefficient (Wildman–Crippen LogP) is 4.96. The van der Waals surface area contributed by atoms with Gasteiger partial charge in [0.2, 0.25) is 12.7 Å². The Balaban J connectivity index is 1.40. The van der Waals surface area contributed by atoms with Crippen molar-refractivity contribution in [1.29, 1.82) is 0 Å². The molecule has 166 valence electrons. The molecular formula is C25H22N4O3S. The number of benzene rings is 3. The number of aromatic nitrogens is 3. The monoisotopic (exact) mass is 458 g/mol. The first-order chi connectivity index (χ1) is 16.2. The van der Waals surface area contributed by atoms with Crippen molar-refractivity contribution in [2.45, 2.75) is 18.5 Å². The van der Waals surface area contributed by atoms with Crippen LogP contribution >= 0.6 is 11.8 Å². The van der Waals surface area contributed by atoms with E-state index in [-0.39, 0.29) is 18.5 Å². The van der Waals surface area contributed by atoms with Gasteiger partial charge < -0.3 is 14.8 Å². The summed E-state index contributed by atoms with van der Waals surface area (Å²) in [6.07, 6.45) is 0.918. The van der Waals surface area contributed by atoms with Gasteiger partial charge in [0.25, 0.3) is 0 Å². The van der Waals surface area contributed by atoms with E-state index in [1.807, 2.05) is 77.4 Å². The zero-order chi connectivity index (χ0) is 22.6. The molecule has 0 radical (unpaired) electrons. The van der Waals surface area contributed by atoms with Crippen LogP contribution in [0.25, 0.3) is 17.1 Å². The van der Waals surface area contributed by atoms with Gasteiger partial charge in [0, 0.05) is 16.9 Å².